The highest BCUT2D eigenvalue weighted by Gasteiger charge is 2.31. The van der Waals surface area contributed by atoms with Crippen molar-refractivity contribution in [3.8, 4) is 0 Å². The number of likely N-dealkylation sites (N-methyl/N-ethyl adjacent to an activating group) is 1. The normalized spacial score (nSPS) is 19.2. The van der Waals surface area contributed by atoms with E-state index in [9.17, 15) is 4.79 Å². The summed E-state index contributed by atoms with van der Waals surface area (Å²) < 4.78 is 5.18. The smallest absolute Gasteiger partial charge is 0.315 e. The number of hydrogen-bond donors (Lipinski definition) is 1. The van der Waals surface area contributed by atoms with Gasteiger partial charge in [0.2, 0.25) is 0 Å². The van der Waals surface area contributed by atoms with Gasteiger partial charge in [-0.3, -0.25) is 4.79 Å². The molecule has 21 heavy (non-hydrogen) atoms. The van der Waals surface area contributed by atoms with Gasteiger partial charge in [-0.2, -0.15) is 0 Å². The van der Waals surface area contributed by atoms with E-state index in [0.717, 1.165) is 36.6 Å². The van der Waals surface area contributed by atoms with E-state index < -0.39 is 0 Å². The Balaban J connectivity index is 2.06. The van der Waals surface area contributed by atoms with Gasteiger partial charge in [0.05, 0.1) is 12.3 Å². The Labute approximate surface area is 130 Å². The Morgan fingerprint density at radius 3 is 3.00 bits per heavy atom. The lowest BCUT2D eigenvalue weighted by Gasteiger charge is -2.19. The molecule has 1 aliphatic carbocycles. The Hall–Kier alpha value is -1.14. The van der Waals surface area contributed by atoms with E-state index in [4.69, 9.17) is 4.74 Å². The van der Waals surface area contributed by atoms with Crippen molar-refractivity contribution < 1.29 is 9.53 Å². The fourth-order valence-electron chi connectivity index (χ4n) is 2.38. The van der Waals surface area contributed by atoms with Crippen LogP contribution in [0.15, 0.2) is 0 Å². The first kappa shape index (κ1) is 16.2. The summed E-state index contributed by atoms with van der Waals surface area (Å²) in [5.41, 5.74) is 0.935. The zero-order valence-corrected chi connectivity index (χ0v) is 14.1. The largest absolute Gasteiger partial charge is 0.465 e. The van der Waals surface area contributed by atoms with Gasteiger partial charge in [-0.05, 0) is 47.2 Å². The maximum Gasteiger partial charge on any atom is 0.315 e. The van der Waals surface area contributed by atoms with Crippen LogP contribution in [0.5, 0.6) is 0 Å². The zero-order valence-electron chi connectivity index (χ0n) is 13.3. The Morgan fingerprint density at radius 2 is 2.33 bits per heavy atom. The number of thiazole rings is 1. The molecule has 0 fully saturated rings. The molecule has 2 rings (SSSR count). The number of carbonyl (C=O) groups excluding carboxylic acids is 1. The van der Waals surface area contributed by atoms with Crippen LogP contribution in [0.25, 0.3) is 0 Å². The predicted molar refractivity (Wildman–Crippen MR) is 86.1 cm³/mol. The minimum atomic E-state index is -0.174. The molecule has 2 unspecified atom stereocenters. The van der Waals surface area contributed by atoms with Crippen LogP contribution in [-0.4, -0.2) is 49.1 Å². The number of anilines is 1. The van der Waals surface area contributed by atoms with E-state index >= 15 is 0 Å². The monoisotopic (exact) mass is 311 g/mol. The first-order valence-electron chi connectivity index (χ1n) is 7.59. The fourth-order valence-corrected chi connectivity index (χ4v) is 3.46. The van der Waals surface area contributed by atoms with E-state index in [1.54, 1.807) is 11.3 Å². The number of ether oxygens (including phenoxy) is 1. The van der Waals surface area contributed by atoms with Crippen molar-refractivity contribution in [1.29, 1.82) is 0 Å². The van der Waals surface area contributed by atoms with Crippen LogP contribution in [0, 0.1) is 0 Å². The molecule has 0 saturated heterocycles. The van der Waals surface area contributed by atoms with E-state index in [0.29, 0.717) is 12.6 Å². The van der Waals surface area contributed by atoms with Crippen LogP contribution in [0.4, 0.5) is 5.13 Å². The maximum atomic E-state index is 12.0. The summed E-state index contributed by atoms with van der Waals surface area (Å²) in [6, 6.07) is 0.437. The second-order valence-corrected chi connectivity index (χ2v) is 6.80. The molecule has 1 aromatic rings. The Kier molecular flexibility index (Phi) is 5.58. The molecule has 0 aromatic carbocycles. The van der Waals surface area contributed by atoms with Crippen molar-refractivity contribution in [1.82, 2.24) is 9.88 Å². The predicted octanol–water partition coefficient (Wildman–Crippen LogP) is 2.49. The first-order valence-corrected chi connectivity index (χ1v) is 8.41. The van der Waals surface area contributed by atoms with E-state index in [1.807, 2.05) is 6.92 Å². The quantitative estimate of drug-likeness (QED) is 0.818. The minimum Gasteiger partial charge on any atom is -0.465 e. The van der Waals surface area contributed by atoms with Crippen LogP contribution in [-0.2, 0) is 16.0 Å². The third-order valence-corrected chi connectivity index (χ3v) is 5.04. The van der Waals surface area contributed by atoms with Gasteiger partial charge in [-0.25, -0.2) is 4.98 Å². The Bertz CT molecular complexity index is 487. The number of hydrogen-bond acceptors (Lipinski definition) is 6. The molecule has 2 atom stereocenters. The number of rotatable bonds is 6. The van der Waals surface area contributed by atoms with Gasteiger partial charge in [0.15, 0.2) is 5.13 Å². The van der Waals surface area contributed by atoms with Gasteiger partial charge < -0.3 is 15.0 Å². The molecule has 1 N–H and O–H groups in total. The van der Waals surface area contributed by atoms with Crippen LogP contribution in [0.1, 0.15) is 43.2 Å². The maximum absolute atomic E-state index is 12.0. The highest BCUT2D eigenvalue weighted by Crippen LogP contribution is 2.37. The summed E-state index contributed by atoms with van der Waals surface area (Å²) in [7, 11) is 4.13. The molecule has 0 aliphatic heterocycles. The molecule has 0 amide bonds. The molecule has 6 heteroatoms. The lowest BCUT2D eigenvalue weighted by molar-refractivity contribution is -0.145. The zero-order chi connectivity index (χ0) is 15.4. The van der Waals surface area contributed by atoms with E-state index in [1.165, 1.54) is 4.88 Å². The van der Waals surface area contributed by atoms with Crippen molar-refractivity contribution in [3.63, 3.8) is 0 Å². The second-order valence-electron chi connectivity index (χ2n) is 5.72. The third kappa shape index (κ3) is 3.95. The molecule has 5 nitrogen and oxygen atoms in total. The molecule has 1 aromatic heterocycles. The van der Waals surface area contributed by atoms with Crippen molar-refractivity contribution in [2.24, 2.45) is 0 Å². The van der Waals surface area contributed by atoms with Gasteiger partial charge in [0.25, 0.3) is 0 Å². The minimum absolute atomic E-state index is 0.128. The molecule has 118 valence electrons. The summed E-state index contributed by atoms with van der Waals surface area (Å²) in [4.78, 5) is 20.1. The van der Waals surface area contributed by atoms with Gasteiger partial charge >= 0.3 is 5.97 Å². The third-order valence-electron chi connectivity index (χ3n) is 3.96. The summed E-state index contributed by atoms with van der Waals surface area (Å²) in [6.07, 6.45) is 2.91. The van der Waals surface area contributed by atoms with E-state index in [-0.39, 0.29) is 11.9 Å². The summed E-state index contributed by atoms with van der Waals surface area (Å²) in [5, 5.41) is 4.31. The molecule has 0 radical (unpaired) electrons. The first-order chi connectivity index (χ1) is 10.0. The summed E-state index contributed by atoms with van der Waals surface area (Å²) in [5.74, 6) is -0.302. The molecular weight excluding hydrogens is 286 g/mol. The van der Waals surface area contributed by atoms with E-state index in [2.05, 4.69) is 36.2 Å². The molecule has 0 saturated carbocycles. The fraction of sp³-hybridized carbons (Fsp3) is 0.733. The standard InChI is InChI=1S/C15H25N3O2S/c1-5-20-14(19)11-7-6-8-12-13(11)17-15(21-12)16-9-10(2)18(3)4/h10-11H,5-9H2,1-4H3,(H,16,17). The average Bonchev–Trinajstić information content (AvgIpc) is 2.87. The van der Waals surface area contributed by atoms with Crippen LogP contribution < -0.4 is 5.32 Å². The summed E-state index contributed by atoms with van der Waals surface area (Å²) >= 11 is 1.68. The van der Waals surface area contributed by atoms with Crippen LogP contribution in [0.3, 0.4) is 0 Å². The van der Waals surface area contributed by atoms with Crippen molar-refractivity contribution in [2.75, 3.05) is 32.6 Å². The SMILES string of the molecule is CCOC(=O)C1CCCc2sc(NCC(C)N(C)C)nc21. The molecule has 1 heterocycles. The van der Waals surface area contributed by atoms with Gasteiger partial charge in [-0.15, -0.1) is 11.3 Å². The number of nitrogens with zero attached hydrogens (tertiary/aromatic N) is 2. The van der Waals surface area contributed by atoms with Gasteiger partial charge in [-0.1, -0.05) is 0 Å². The number of esters is 1. The van der Waals surface area contributed by atoms with Crippen molar-refractivity contribution in [3.05, 3.63) is 10.6 Å². The lowest BCUT2D eigenvalue weighted by Crippen LogP contribution is -2.31. The second kappa shape index (κ2) is 7.22. The Morgan fingerprint density at radius 1 is 1.57 bits per heavy atom. The van der Waals surface area contributed by atoms with Crippen LogP contribution >= 0.6 is 11.3 Å². The highest BCUT2D eigenvalue weighted by atomic mass is 32.1. The topological polar surface area (TPSA) is 54.5 Å². The van der Waals surface area contributed by atoms with Crippen LogP contribution in [0.2, 0.25) is 0 Å². The summed E-state index contributed by atoms with van der Waals surface area (Å²) in [6.45, 7) is 5.30. The number of aryl methyl sites for hydroxylation is 1. The average molecular weight is 311 g/mol. The number of fused-ring (bicyclic) bond motifs is 1. The lowest BCUT2D eigenvalue weighted by atomic mass is 9.91. The van der Waals surface area contributed by atoms with Gasteiger partial charge in [0.1, 0.15) is 5.92 Å². The van der Waals surface area contributed by atoms with Crippen molar-refractivity contribution in [2.45, 2.75) is 45.1 Å². The molecule has 1 aliphatic rings. The highest BCUT2D eigenvalue weighted by molar-refractivity contribution is 7.15. The molecular formula is C15H25N3O2S. The van der Waals surface area contributed by atoms with Gasteiger partial charge in [0, 0.05) is 17.5 Å². The van der Waals surface area contributed by atoms with Crippen molar-refractivity contribution >= 4 is 22.4 Å². The molecule has 0 spiro atoms. The number of carbonyl (C=O) groups is 1. The molecule has 0 bridgehead atoms. The number of aromatic nitrogens is 1. The number of nitrogens with one attached hydrogen (secondary N) is 1.